The highest BCUT2D eigenvalue weighted by atomic mass is 16.2. The van der Waals surface area contributed by atoms with Gasteiger partial charge in [0, 0.05) is 13.5 Å². The smallest absolute Gasteiger partial charge is 0.216 e. The molecule has 1 N–H and O–H groups in total. The minimum atomic E-state index is 0.00421. The number of hydrogen-bond acceptors (Lipinski definition) is 3. The van der Waals surface area contributed by atoms with Gasteiger partial charge in [-0.25, -0.2) is 0 Å². The predicted octanol–water partition coefficient (Wildman–Crippen LogP) is 0.422. The lowest BCUT2D eigenvalue weighted by atomic mass is 10.1. The molecular weight excluding hydrogens is 182 g/mol. The summed E-state index contributed by atoms with van der Waals surface area (Å²) in [6, 6.07) is 0.00679. The molecule has 0 aromatic carbocycles. The van der Waals surface area contributed by atoms with E-state index >= 15 is 0 Å². The Kier molecular flexibility index (Phi) is 7.02. The average Bonchev–Trinajstić information content (AvgIpc) is 2.10. The van der Waals surface area contributed by atoms with Crippen LogP contribution in [0.25, 0.3) is 0 Å². The Bertz CT molecular complexity index is 181. The molecule has 0 aliphatic carbocycles. The summed E-state index contributed by atoms with van der Waals surface area (Å²) in [6.45, 7) is 2.21. The molecule has 0 aromatic rings. The highest BCUT2D eigenvalue weighted by molar-refractivity contribution is 5.72. The lowest BCUT2D eigenvalue weighted by molar-refractivity contribution is -0.119. The van der Waals surface area contributed by atoms with E-state index in [1.165, 1.54) is 6.92 Å². The molecule has 82 valence electrons. The van der Waals surface area contributed by atoms with E-state index in [4.69, 9.17) is 0 Å². The van der Waals surface area contributed by atoms with Gasteiger partial charge >= 0.3 is 0 Å². The topological polar surface area (TPSA) is 49.4 Å². The van der Waals surface area contributed by atoms with Crippen molar-refractivity contribution < 1.29 is 9.59 Å². The van der Waals surface area contributed by atoms with Crippen molar-refractivity contribution in [2.75, 3.05) is 20.6 Å². The molecule has 1 unspecified atom stereocenters. The third-order valence-electron chi connectivity index (χ3n) is 2.12. The van der Waals surface area contributed by atoms with E-state index in [1.54, 1.807) is 0 Å². The Balaban J connectivity index is 3.42. The van der Waals surface area contributed by atoms with Crippen molar-refractivity contribution in [1.82, 2.24) is 10.2 Å². The van der Waals surface area contributed by atoms with Crippen molar-refractivity contribution in [3.8, 4) is 0 Å². The highest BCUT2D eigenvalue weighted by Crippen LogP contribution is 2.02. The van der Waals surface area contributed by atoms with Crippen LogP contribution in [0.4, 0.5) is 0 Å². The van der Waals surface area contributed by atoms with Gasteiger partial charge in [0.2, 0.25) is 5.91 Å². The maximum Gasteiger partial charge on any atom is 0.216 e. The molecule has 0 rings (SSSR count). The number of nitrogens with one attached hydrogen (secondary N) is 1. The molecule has 0 aliphatic rings. The Morgan fingerprint density at radius 3 is 2.50 bits per heavy atom. The fraction of sp³-hybridized carbons (Fsp3) is 0.800. The second-order valence-electron chi connectivity index (χ2n) is 3.65. The number of hydrogen-bond donors (Lipinski definition) is 1. The number of aldehydes is 1. The van der Waals surface area contributed by atoms with Crippen LogP contribution in [0, 0.1) is 0 Å². The molecule has 0 heterocycles. The van der Waals surface area contributed by atoms with E-state index in [0.717, 1.165) is 25.5 Å². The normalized spacial score (nSPS) is 12.6. The molecule has 0 spiro atoms. The zero-order valence-corrected chi connectivity index (χ0v) is 9.25. The summed E-state index contributed by atoms with van der Waals surface area (Å²) in [5.41, 5.74) is 0. The van der Waals surface area contributed by atoms with Gasteiger partial charge in [0.15, 0.2) is 0 Å². The van der Waals surface area contributed by atoms with Crippen LogP contribution in [0.1, 0.15) is 26.2 Å². The fourth-order valence-corrected chi connectivity index (χ4v) is 1.19. The second kappa shape index (κ2) is 7.50. The lowest BCUT2D eigenvalue weighted by Gasteiger charge is -2.17. The van der Waals surface area contributed by atoms with Gasteiger partial charge in [-0.3, -0.25) is 4.79 Å². The van der Waals surface area contributed by atoms with Crippen molar-refractivity contribution in [1.29, 1.82) is 0 Å². The molecular formula is C10H20N2O2. The van der Waals surface area contributed by atoms with Crippen LogP contribution in [-0.4, -0.2) is 43.8 Å². The van der Waals surface area contributed by atoms with Crippen molar-refractivity contribution >= 4 is 12.2 Å². The standard InChI is InChI=1S/C10H20N2O2/c1-9(14)11-7-5-4-6-10(8-13)12(2)3/h8,10H,4-7H2,1-3H3,(H,11,14)/i2+1,9+1. The van der Waals surface area contributed by atoms with Gasteiger partial charge in [0.25, 0.3) is 0 Å². The molecule has 0 bridgehead atoms. The van der Waals surface area contributed by atoms with Gasteiger partial charge in [-0.15, -0.1) is 0 Å². The van der Waals surface area contributed by atoms with E-state index in [9.17, 15) is 9.59 Å². The Labute approximate surface area is 85.7 Å². The van der Waals surface area contributed by atoms with Crippen LogP contribution in [0.5, 0.6) is 0 Å². The van der Waals surface area contributed by atoms with Crippen LogP contribution >= 0.6 is 0 Å². The first-order valence-corrected chi connectivity index (χ1v) is 4.94. The fourth-order valence-electron chi connectivity index (χ4n) is 1.19. The largest absolute Gasteiger partial charge is 0.356 e. The van der Waals surface area contributed by atoms with Gasteiger partial charge in [-0.1, -0.05) is 0 Å². The molecule has 0 aliphatic heterocycles. The second-order valence-corrected chi connectivity index (χ2v) is 3.65. The molecule has 4 nitrogen and oxygen atoms in total. The third-order valence-corrected chi connectivity index (χ3v) is 2.12. The van der Waals surface area contributed by atoms with E-state index in [2.05, 4.69) is 5.32 Å². The number of rotatable bonds is 7. The van der Waals surface area contributed by atoms with Gasteiger partial charge in [0.1, 0.15) is 6.29 Å². The molecule has 4 heteroatoms. The van der Waals surface area contributed by atoms with E-state index in [0.29, 0.717) is 6.54 Å². The van der Waals surface area contributed by atoms with Crippen LogP contribution < -0.4 is 5.32 Å². The zero-order valence-electron chi connectivity index (χ0n) is 9.25. The Morgan fingerprint density at radius 1 is 1.43 bits per heavy atom. The monoisotopic (exact) mass is 202 g/mol. The van der Waals surface area contributed by atoms with Crippen molar-refractivity contribution in [3.05, 3.63) is 0 Å². The lowest BCUT2D eigenvalue weighted by Crippen LogP contribution is -2.29. The average molecular weight is 202 g/mol. The van der Waals surface area contributed by atoms with Gasteiger partial charge in [-0.05, 0) is 33.4 Å². The van der Waals surface area contributed by atoms with Crippen molar-refractivity contribution in [2.45, 2.75) is 32.2 Å². The minimum absolute atomic E-state index is 0.00421. The zero-order chi connectivity index (χ0) is 11.0. The van der Waals surface area contributed by atoms with E-state index < -0.39 is 0 Å². The van der Waals surface area contributed by atoms with Crippen molar-refractivity contribution in [2.24, 2.45) is 0 Å². The summed E-state index contributed by atoms with van der Waals surface area (Å²) in [7, 11) is 3.79. The molecule has 0 aromatic heterocycles. The molecule has 14 heavy (non-hydrogen) atoms. The molecule has 1 amide bonds. The molecule has 0 saturated heterocycles. The first-order valence-electron chi connectivity index (χ1n) is 4.94. The maximum atomic E-state index is 10.6. The van der Waals surface area contributed by atoms with Crippen LogP contribution in [0.3, 0.4) is 0 Å². The number of unbranched alkanes of at least 4 members (excludes halogenated alkanes) is 1. The summed E-state index contributed by atoms with van der Waals surface area (Å²) >= 11 is 0. The molecule has 0 fully saturated rings. The number of amides is 1. The summed E-state index contributed by atoms with van der Waals surface area (Å²) in [5.74, 6) is 0.00421. The third kappa shape index (κ3) is 6.60. The summed E-state index contributed by atoms with van der Waals surface area (Å²) in [6.07, 6.45) is 3.72. The maximum absolute atomic E-state index is 10.6. The van der Waals surface area contributed by atoms with Gasteiger partial charge in [0.05, 0.1) is 6.04 Å². The van der Waals surface area contributed by atoms with Crippen molar-refractivity contribution in [3.63, 3.8) is 0 Å². The number of nitrogens with zero attached hydrogens (tertiary/aromatic N) is 1. The van der Waals surface area contributed by atoms with Crippen LogP contribution in [-0.2, 0) is 9.59 Å². The first kappa shape index (κ1) is 13.1. The number of carbonyl (C=O) groups is 2. The van der Waals surface area contributed by atoms with E-state index in [1.807, 2.05) is 19.0 Å². The Hall–Kier alpha value is -0.900. The molecule has 1 atom stereocenters. The molecule has 0 radical (unpaired) electrons. The summed E-state index contributed by atoms with van der Waals surface area (Å²) in [5, 5.41) is 2.73. The summed E-state index contributed by atoms with van der Waals surface area (Å²) in [4.78, 5) is 23.0. The Morgan fingerprint density at radius 2 is 2.07 bits per heavy atom. The predicted molar refractivity (Wildman–Crippen MR) is 56.1 cm³/mol. The van der Waals surface area contributed by atoms with Crippen LogP contribution in [0.15, 0.2) is 0 Å². The SMILES string of the molecule is C[13C](=O)NCCCCC(C=O)N(C)[13CH3]. The minimum Gasteiger partial charge on any atom is -0.356 e. The number of likely N-dealkylation sites (N-methyl/N-ethyl adjacent to an activating group) is 1. The molecule has 0 saturated carbocycles. The van der Waals surface area contributed by atoms with Gasteiger partial charge < -0.3 is 15.0 Å². The highest BCUT2D eigenvalue weighted by Gasteiger charge is 2.08. The van der Waals surface area contributed by atoms with Crippen LogP contribution in [0.2, 0.25) is 0 Å². The number of carbonyl (C=O) groups excluding carboxylic acids is 2. The quantitative estimate of drug-likeness (QED) is 0.370. The first-order chi connectivity index (χ1) is 6.57. The van der Waals surface area contributed by atoms with Gasteiger partial charge in [-0.2, -0.15) is 0 Å². The van der Waals surface area contributed by atoms with E-state index in [-0.39, 0.29) is 11.9 Å². The summed E-state index contributed by atoms with van der Waals surface area (Å²) < 4.78 is 0.